The molecule has 0 unspecified atom stereocenters. The van der Waals surface area contributed by atoms with Crippen LogP contribution in [0.5, 0.6) is 0 Å². The van der Waals surface area contributed by atoms with E-state index in [-0.39, 0.29) is 6.61 Å². The molecule has 1 aromatic carbocycles. The predicted molar refractivity (Wildman–Crippen MR) is 67.1 cm³/mol. The van der Waals surface area contributed by atoms with Crippen molar-refractivity contribution in [3.63, 3.8) is 0 Å². The highest BCUT2D eigenvalue weighted by Crippen LogP contribution is 2.25. The fraction of sp³-hybridized carbons (Fsp3) is 0.429. The van der Waals surface area contributed by atoms with Crippen LogP contribution in [0.25, 0.3) is 6.08 Å². The fourth-order valence-corrected chi connectivity index (χ4v) is 2.28. The van der Waals surface area contributed by atoms with E-state index in [1.54, 1.807) is 0 Å². The quantitative estimate of drug-likeness (QED) is 0.812. The molecular weight excluding hydrogens is 198 g/mol. The minimum atomic E-state index is 0.247. The van der Waals surface area contributed by atoms with Crippen molar-refractivity contribution >= 4 is 6.08 Å². The highest BCUT2D eigenvalue weighted by atomic mass is 16.3. The Morgan fingerprint density at radius 1 is 1.38 bits per heavy atom. The Kier molecular flexibility index (Phi) is 3.75. The summed E-state index contributed by atoms with van der Waals surface area (Å²) < 4.78 is 0. The summed E-state index contributed by atoms with van der Waals surface area (Å²) in [6, 6.07) is 10.7. The number of aliphatic hydroxyl groups is 1. The van der Waals surface area contributed by atoms with Crippen molar-refractivity contribution in [2.45, 2.75) is 19.4 Å². The lowest BCUT2D eigenvalue weighted by Crippen LogP contribution is -2.23. The summed E-state index contributed by atoms with van der Waals surface area (Å²) >= 11 is 0. The zero-order chi connectivity index (χ0) is 11.4. The summed E-state index contributed by atoms with van der Waals surface area (Å²) in [7, 11) is 0. The maximum atomic E-state index is 9.03. The second-order valence-electron chi connectivity index (χ2n) is 4.43. The molecule has 2 atom stereocenters. The van der Waals surface area contributed by atoms with E-state index in [4.69, 9.17) is 5.11 Å². The highest BCUT2D eigenvalue weighted by molar-refractivity contribution is 5.55. The van der Waals surface area contributed by atoms with Gasteiger partial charge in [0.1, 0.15) is 0 Å². The van der Waals surface area contributed by atoms with Crippen LogP contribution >= 0.6 is 0 Å². The zero-order valence-corrected chi connectivity index (χ0v) is 9.69. The molecule has 1 fully saturated rings. The molecule has 0 aromatic heterocycles. The van der Waals surface area contributed by atoms with Gasteiger partial charge in [0, 0.05) is 19.2 Å². The summed E-state index contributed by atoms with van der Waals surface area (Å²) in [6.07, 6.45) is 3.06. The molecule has 0 amide bonds. The smallest absolute Gasteiger partial charge is 0.0449 e. The van der Waals surface area contributed by atoms with Gasteiger partial charge < -0.3 is 10.4 Å². The SMILES string of the molecule is C[C@H]1CN[C@@H](CCO)/C1=C\c1ccccc1. The van der Waals surface area contributed by atoms with E-state index in [0.717, 1.165) is 13.0 Å². The molecule has 2 N–H and O–H groups in total. The number of nitrogens with one attached hydrogen (secondary N) is 1. The summed E-state index contributed by atoms with van der Waals surface area (Å²) in [5, 5.41) is 12.5. The number of hydrogen-bond donors (Lipinski definition) is 2. The van der Waals surface area contributed by atoms with E-state index < -0.39 is 0 Å². The molecule has 2 nitrogen and oxygen atoms in total. The van der Waals surface area contributed by atoms with Crippen LogP contribution in [0.2, 0.25) is 0 Å². The fourth-order valence-electron chi connectivity index (χ4n) is 2.28. The molecule has 2 rings (SSSR count). The van der Waals surface area contributed by atoms with Crippen molar-refractivity contribution in [1.29, 1.82) is 0 Å². The van der Waals surface area contributed by atoms with Gasteiger partial charge in [0.2, 0.25) is 0 Å². The molecule has 1 heterocycles. The summed E-state index contributed by atoms with van der Waals surface area (Å²) in [4.78, 5) is 0. The zero-order valence-electron chi connectivity index (χ0n) is 9.69. The standard InChI is InChI=1S/C14H19NO/c1-11-10-15-14(7-8-16)13(11)9-12-5-3-2-4-6-12/h2-6,9,11,14-16H,7-8,10H2,1H3/b13-9-/t11-,14-/m0/s1. The number of rotatable bonds is 3. The Morgan fingerprint density at radius 3 is 2.81 bits per heavy atom. The van der Waals surface area contributed by atoms with Gasteiger partial charge in [-0.3, -0.25) is 0 Å². The van der Waals surface area contributed by atoms with Crippen LogP contribution in [0.15, 0.2) is 35.9 Å². The molecule has 1 aliphatic rings. The van der Waals surface area contributed by atoms with Crippen molar-refractivity contribution < 1.29 is 5.11 Å². The molecule has 0 radical (unpaired) electrons. The van der Waals surface area contributed by atoms with E-state index in [9.17, 15) is 0 Å². The first-order chi connectivity index (χ1) is 7.81. The topological polar surface area (TPSA) is 32.3 Å². The summed E-state index contributed by atoms with van der Waals surface area (Å²) in [5.74, 6) is 0.566. The molecule has 86 valence electrons. The average Bonchev–Trinajstić information content (AvgIpc) is 2.64. The Bertz CT molecular complexity index is 356. The van der Waals surface area contributed by atoms with Crippen LogP contribution in [0.1, 0.15) is 18.9 Å². The number of benzene rings is 1. The van der Waals surface area contributed by atoms with Gasteiger partial charge in [-0.25, -0.2) is 0 Å². The lowest BCUT2D eigenvalue weighted by atomic mass is 9.95. The van der Waals surface area contributed by atoms with Crippen LogP contribution in [0, 0.1) is 5.92 Å². The number of aliphatic hydroxyl groups excluding tert-OH is 1. The van der Waals surface area contributed by atoms with Crippen molar-refractivity contribution in [3.8, 4) is 0 Å². The van der Waals surface area contributed by atoms with E-state index >= 15 is 0 Å². The molecule has 1 saturated heterocycles. The van der Waals surface area contributed by atoms with Gasteiger partial charge in [0.05, 0.1) is 0 Å². The second-order valence-corrected chi connectivity index (χ2v) is 4.43. The lowest BCUT2D eigenvalue weighted by Gasteiger charge is -2.12. The molecule has 16 heavy (non-hydrogen) atoms. The van der Waals surface area contributed by atoms with E-state index in [1.165, 1.54) is 11.1 Å². The molecule has 0 bridgehead atoms. The van der Waals surface area contributed by atoms with Crippen molar-refractivity contribution in [1.82, 2.24) is 5.32 Å². The minimum absolute atomic E-state index is 0.247. The third-order valence-electron chi connectivity index (χ3n) is 3.19. The molecule has 1 aromatic rings. The minimum Gasteiger partial charge on any atom is -0.396 e. The molecule has 0 spiro atoms. The molecular formula is C14H19NO. The van der Waals surface area contributed by atoms with Crippen LogP contribution in [-0.2, 0) is 0 Å². The Morgan fingerprint density at radius 2 is 2.12 bits per heavy atom. The van der Waals surface area contributed by atoms with Crippen LogP contribution in [-0.4, -0.2) is 24.3 Å². The van der Waals surface area contributed by atoms with Gasteiger partial charge in [-0.1, -0.05) is 43.3 Å². The van der Waals surface area contributed by atoms with Crippen LogP contribution in [0.3, 0.4) is 0 Å². The van der Waals surface area contributed by atoms with E-state index in [2.05, 4.69) is 42.6 Å². The Hall–Kier alpha value is -1.12. The van der Waals surface area contributed by atoms with Gasteiger partial charge in [-0.05, 0) is 23.5 Å². The van der Waals surface area contributed by atoms with Gasteiger partial charge in [0.25, 0.3) is 0 Å². The van der Waals surface area contributed by atoms with Gasteiger partial charge >= 0.3 is 0 Å². The normalized spacial score (nSPS) is 27.5. The van der Waals surface area contributed by atoms with E-state index in [0.29, 0.717) is 12.0 Å². The summed E-state index contributed by atoms with van der Waals surface area (Å²) in [5.41, 5.74) is 2.66. The predicted octanol–water partition coefficient (Wildman–Crippen LogP) is 2.06. The second kappa shape index (κ2) is 5.28. The largest absolute Gasteiger partial charge is 0.396 e. The summed E-state index contributed by atoms with van der Waals surface area (Å²) in [6.45, 7) is 3.50. The van der Waals surface area contributed by atoms with Crippen LogP contribution in [0.4, 0.5) is 0 Å². The Balaban J connectivity index is 2.20. The first kappa shape index (κ1) is 11.4. The third kappa shape index (κ3) is 2.52. The maximum Gasteiger partial charge on any atom is 0.0449 e. The first-order valence-corrected chi connectivity index (χ1v) is 5.92. The van der Waals surface area contributed by atoms with E-state index in [1.807, 2.05) is 6.07 Å². The van der Waals surface area contributed by atoms with Gasteiger partial charge in [-0.15, -0.1) is 0 Å². The molecule has 1 aliphatic heterocycles. The maximum absolute atomic E-state index is 9.03. The lowest BCUT2D eigenvalue weighted by molar-refractivity contribution is 0.277. The van der Waals surface area contributed by atoms with Crippen LogP contribution < -0.4 is 5.32 Å². The van der Waals surface area contributed by atoms with Gasteiger partial charge in [-0.2, -0.15) is 0 Å². The molecule has 0 saturated carbocycles. The monoisotopic (exact) mass is 217 g/mol. The first-order valence-electron chi connectivity index (χ1n) is 5.92. The number of hydrogen-bond acceptors (Lipinski definition) is 2. The molecule has 2 heteroatoms. The van der Waals surface area contributed by atoms with Gasteiger partial charge in [0.15, 0.2) is 0 Å². The average molecular weight is 217 g/mol. The highest BCUT2D eigenvalue weighted by Gasteiger charge is 2.25. The third-order valence-corrected chi connectivity index (χ3v) is 3.19. The molecule has 0 aliphatic carbocycles. The Labute approximate surface area is 97.0 Å². The van der Waals surface area contributed by atoms with Crippen molar-refractivity contribution in [3.05, 3.63) is 41.5 Å². The van der Waals surface area contributed by atoms with Crippen molar-refractivity contribution in [2.75, 3.05) is 13.2 Å². The van der Waals surface area contributed by atoms with Crippen molar-refractivity contribution in [2.24, 2.45) is 5.92 Å².